The highest BCUT2D eigenvalue weighted by Gasteiger charge is 2.45. The third-order valence-corrected chi connectivity index (χ3v) is 6.29. The summed E-state index contributed by atoms with van der Waals surface area (Å²) in [7, 11) is 1.27. The number of amides is 1. The van der Waals surface area contributed by atoms with E-state index >= 15 is 0 Å². The standard InChI is InChI=1S/C24H20N2O5S/c1-13-22(32-14(2)25-13)20(27)18-19(15-8-5-4-6-9-15)26(23(29)21(18)28)17-11-7-10-16(12-17)24(30)31-3/h4-12,19,28H,1-3H3. The number of aliphatic hydroxyl groups excluding tert-OH is 1. The van der Waals surface area contributed by atoms with Crippen LogP contribution in [0.25, 0.3) is 0 Å². The van der Waals surface area contributed by atoms with Crippen molar-refractivity contribution in [1.82, 2.24) is 4.98 Å². The molecule has 1 atom stereocenters. The summed E-state index contributed by atoms with van der Waals surface area (Å²) in [5.41, 5.74) is 1.78. The van der Waals surface area contributed by atoms with Crippen LogP contribution in [-0.2, 0) is 9.53 Å². The molecule has 1 unspecified atom stereocenters. The van der Waals surface area contributed by atoms with Gasteiger partial charge in [-0.3, -0.25) is 14.5 Å². The summed E-state index contributed by atoms with van der Waals surface area (Å²) >= 11 is 1.22. The first kappa shape index (κ1) is 21.5. The lowest BCUT2D eigenvalue weighted by Gasteiger charge is -2.27. The SMILES string of the molecule is COC(=O)c1cccc(N2C(=O)C(O)=C(C(=O)c3sc(C)nc3C)C2c2ccccc2)c1. The summed E-state index contributed by atoms with van der Waals surface area (Å²) in [4.78, 5) is 44.8. The Kier molecular flexibility index (Phi) is 5.63. The number of ketones is 1. The van der Waals surface area contributed by atoms with Crippen molar-refractivity contribution in [2.24, 2.45) is 0 Å². The molecule has 162 valence electrons. The fraction of sp³-hybridized carbons (Fsp3) is 0.167. The zero-order valence-corrected chi connectivity index (χ0v) is 18.5. The van der Waals surface area contributed by atoms with Gasteiger partial charge < -0.3 is 9.84 Å². The van der Waals surface area contributed by atoms with Crippen molar-refractivity contribution in [2.45, 2.75) is 19.9 Å². The highest BCUT2D eigenvalue weighted by Crippen LogP contribution is 2.42. The highest BCUT2D eigenvalue weighted by atomic mass is 32.1. The van der Waals surface area contributed by atoms with Crippen LogP contribution in [0.3, 0.4) is 0 Å². The van der Waals surface area contributed by atoms with E-state index < -0.39 is 29.5 Å². The third kappa shape index (κ3) is 3.58. The molecule has 0 fully saturated rings. The summed E-state index contributed by atoms with van der Waals surface area (Å²) < 4.78 is 4.78. The fourth-order valence-corrected chi connectivity index (χ4v) is 4.69. The molecule has 0 spiro atoms. The van der Waals surface area contributed by atoms with Crippen molar-refractivity contribution in [3.63, 3.8) is 0 Å². The van der Waals surface area contributed by atoms with Crippen LogP contribution in [0.1, 0.15) is 42.3 Å². The maximum Gasteiger partial charge on any atom is 0.337 e. The highest BCUT2D eigenvalue weighted by molar-refractivity contribution is 7.14. The quantitative estimate of drug-likeness (QED) is 0.461. The maximum absolute atomic E-state index is 13.5. The number of ether oxygens (including phenoxy) is 1. The van der Waals surface area contributed by atoms with Crippen molar-refractivity contribution >= 4 is 34.7 Å². The van der Waals surface area contributed by atoms with E-state index in [1.165, 1.54) is 29.4 Å². The Bertz CT molecular complexity index is 1260. The van der Waals surface area contributed by atoms with E-state index in [1.807, 2.05) is 6.07 Å². The number of hydrogen-bond acceptors (Lipinski definition) is 7. The number of hydrogen-bond donors (Lipinski definition) is 1. The molecule has 1 aromatic heterocycles. The van der Waals surface area contributed by atoms with Gasteiger partial charge in [0.15, 0.2) is 5.76 Å². The number of rotatable bonds is 5. The molecule has 0 aliphatic carbocycles. The Hall–Kier alpha value is -3.78. The van der Waals surface area contributed by atoms with Crippen molar-refractivity contribution in [3.8, 4) is 0 Å². The molecule has 1 aliphatic rings. The summed E-state index contributed by atoms with van der Waals surface area (Å²) in [6.45, 7) is 3.52. The number of aryl methyl sites for hydroxylation is 2. The molecule has 0 radical (unpaired) electrons. The van der Waals surface area contributed by atoms with Crippen molar-refractivity contribution in [1.29, 1.82) is 0 Å². The zero-order valence-electron chi connectivity index (χ0n) is 17.7. The molecular weight excluding hydrogens is 428 g/mol. The van der Waals surface area contributed by atoms with E-state index in [9.17, 15) is 19.5 Å². The lowest BCUT2D eigenvalue weighted by molar-refractivity contribution is -0.117. The topological polar surface area (TPSA) is 96.8 Å². The van der Waals surface area contributed by atoms with Gasteiger partial charge in [-0.2, -0.15) is 0 Å². The number of Topliss-reactive ketones (excluding diaryl/α,β-unsaturated/α-hetero) is 1. The molecule has 1 amide bonds. The molecule has 7 nitrogen and oxygen atoms in total. The molecule has 2 heterocycles. The van der Waals surface area contributed by atoms with Crippen LogP contribution in [0.4, 0.5) is 5.69 Å². The lowest BCUT2D eigenvalue weighted by Crippen LogP contribution is -2.31. The number of anilines is 1. The number of aliphatic hydroxyl groups is 1. The molecule has 3 aromatic rings. The number of nitrogens with zero attached hydrogens (tertiary/aromatic N) is 2. The summed E-state index contributed by atoms with van der Waals surface area (Å²) in [5.74, 6) is -2.33. The second-order valence-electron chi connectivity index (χ2n) is 7.27. The molecule has 0 bridgehead atoms. The van der Waals surface area contributed by atoms with E-state index in [-0.39, 0.29) is 11.1 Å². The number of esters is 1. The van der Waals surface area contributed by atoms with Gasteiger partial charge >= 0.3 is 5.97 Å². The number of thiazole rings is 1. The van der Waals surface area contributed by atoms with Crippen molar-refractivity contribution in [3.05, 3.63) is 92.6 Å². The van der Waals surface area contributed by atoms with Gasteiger partial charge in [0, 0.05) is 5.69 Å². The lowest BCUT2D eigenvalue weighted by atomic mass is 9.94. The van der Waals surface area contributed by atoms with E-state index in [2.05, 4.69) is 4.98 Å². The van der Waals surface area contributed by atoms with Crippen LogP contribution >= 0.6 is 11.3 Å². The number of carbonyl (C=O) groups excluding carboxylic acids is 3. The fourth-order valence-electron chi connectivity index (χ4n) is 3.82. The zero-order chi connectivity index (χ0) is 23.0. The van der Waals surface area contributed by atoms with E-state index in [0.717, 1.165) is 0 Å². The summed E-state index contributed by atoms with van der Waals surface area (Å²) in [6.07, 6.45) is 0. The van der Waals surface area contributed by atoms with Crippen molar-refractivity contribution < 1.29 is 24.2 Å². The van der Waals surface area contributed by atoms with Gasteiger partial charge in [0.05, 0.1) is 39.9 Å². The minimum atomic E-state index is -0.870. The average Bonchev–Trinajstić information content (AvgIpc) is 3.28. The van der Waals surface area contributed by atoms with Crippen LogP contribution in [-0.4, -0.2) is 34.9 Å². The van der Waals surface area contributed by atoms with Gasteiger partial charge in [-0.05, 0) is 37.6 Å². The van der Waals surface area contributed by atoms with Gasteiger partial charge in [0.1, 0.15) is 0 Å². The summed E-state index contributed by atoms with van der Waals surface area (Å²) in [5, 5.41) is 11.6. The van der Waals surface area contributed by atoms with Gasteiger partial charge in [-0.1, -0.05) is 36.4 Å². The van der Waals surface area contributed by atoms with Crippen LogP contribution in [0.15, 0.2) is 65.9 Å². The minimum Gasteiger partial charge on any atom is -0.503 e. The number of carbonyl (C=O) groups is 3. The summed E-state index contributed by atoms with van der Waals surface area (Å²) in [6, 6.07) is 14.4. The largest absolute Gasteiger partial charge is 0.503 e. The van der Waals surface area contributed by atoms with Gasteiger partial charge in [-0.25, -0.2) is 9.78 Å². The van der Waals surface area contributed by atoms with Crippen molar-refractivity contribution in [2.75, 3.05) is 12.0 Å². The van der Waals surface area contributed by atoms with Crippen LogP contribution < -0.4 is 4.90 Å². The van der Waals surface area contributed by atoms with Gasteiger partial charge in [-0.15, -0.1) is 11.3 Å². The van der Waals surface area contributed by atoms with E-state index in [4.69, 9.17) is 4.74 Å². The predicted octanol–water partition coefficient (Wildman–Crippen LogP) is 4.33. The van der Waals surface area contributed by atoms with E-state index in [0.29, 0.717) is 26.8 Å². The smallest absolute Gasteiger partial charge is 0.337 e. The minimum absolute atomic E-state index is 0.0172. The van der Waals surface area contributed by atoms with Crippen LogP contribution in [0, 0.1) is 13.8 Å². The Balaban J connectivity index is 1.88. The third-order valence-electron chi connectivity index (χ3n) is 5.22. The molecule has 1 N–H and O–H groups in total. The maximum atomic E-state index is 13.5. The molecule has 0 saturated heterocycles. The molecule has 0 saturated carbocycles. The first-order valence-electron chi connectivity index (χ1n) is 9.82. The normalized spacial score (nSPS) is 15.9. The van der Waals surface area contributed by atoms with E-state index in [1.54, 1.807) is 56.3 Å². The van der Waals surface area contributed by atoms with Crippen LogP contribution in [0.5, 0.6) is 0 Å². The van der Waals surface area contributed by atoms with Crippen LogP contribution in [0.2, 0.25) is 0 Å². The number of methoxy groups -OCH3 is 1. The Labute approximate surface area is 188 Å². The molecule has 1 aliphatic heterocycles. The van der Waals surface area contributed by atoms with Gasteiger partial charge in [0.25, 0.3) is 5.91 Å². The number of aromatic nitrogens is 1. The second kappa shape index (κ2) is 8.39. The monoisotopic (exact) mass is 448 g/mol. The first-order chi connectivity index (χ1) is 15.3. The number of benzene rings is 2. The molecule has 2 aromatic carbocycles. The molecule has 32 heavy (non-hydrogen) atoms. The Morgan fingerprint density at radius 2 is 1.81 bits per heavy atom. The Morgan fingerprint density at radius 1 is 1.09 bits per heavy atom. The molecule has 8 heteroatoms. The van der Waals surface area contributed by atoms with Gasteiger partial charge in [0.2, 0.25) is 5.78 Å². The molecule has 4 rings (SSSR count). The second-order valence-corrected chi connectivity index (χ2v) is 8.47. The first-order valence-corrected chi connectivity index (χ1v) is 10.6. The average molecular weight is 449 g/mol. The Morgan fingerprint density at radius 3 is 2.44 bits per heavy atom. The predicted molar refractivity (Wildman–Crippen MR) is 120 cm³/mol. The molecular formula is C24H20N2O5S.